The van der Waals surface area contributed by atoms with Crippen LogP contribution in [0.1, 0.15) is 18.1 Å². The van der Waals surface area contributed by atoms with E-state index >= 15 is 0 Å². The van der Waals surface area contributed by atoms with Gasteiger partial charge in [0.2, 0.25) is 11.8 Å². The number of ether oxygens (including phenoxy) is 1. The van der Waals surface area contributed by atoms with Crippen molar-refractivity contribution in [1.82, 2.24) is 10.2 Å². The van der Waals surface area contributed by atoms with E-state index in [0.717, 1.165) is 11.1 Å². The topological polar surface area (TPSA) is 58.6 Å². The fourth-order valence-corrected chi connectivity index (χ4v) is 2.67. The quantitative estimate of drug-likeness (QED) is 0.688. The first-order valence-electron chi connectivity index (χ1n) is 8.85. The number of amides is 2. The highest BCUT2D eigenvalue weighted by atomic mass is 19.1. The van der Waals surface area contributed by atoms with E-state index in [9.17, 15) is 14.0 Å². The maximum atomic E-state index is 13.2. The molecule has 0 aliphatic heterocycles. The van der Waals surface area contributed by atoms with Gasteiger partial charge >= 0.3 is 0 Å². The van der Waals surface area contributed by atoms with Gasteiger partial charge in [-0.05, 0) is 30.2 Å². The third kappa shape index (κ3) is 6.49. The van der Waals surface area contributed by atoms with Crippen molar-refractivity contribution in [1.29, 1.82) is 0 Å². The fraction of sp³-hybridized carbons (Fsp3) is 0.333. The molecule has 0 saturated carbocycles. The molecule has 5 nitrogen and oxygen atoms in total. The number of rotatable bonds is 9. The van der Waals surface area contributed by atoms with Crippen molar-refractivity contribution in [3.63, 3.8) is 0 Å². The molecule has 0 spiro atoms. The van der Waals surface area contributed by atoms with Crippen LogP contribution in [-0.2, 0) is 27.3 Å². The van der Waals surface area contributed by atoms with E-state index in [0.29, 0.717) is 13.2 Å². The van der Waals surface area contributed by atoms with Crippen molar-refractivity contribution in [3.8, 4) is 0 Å². The second kappa shape index (κ2) is 10.4. The summed E-state index contributed by atoms with van der Waals surface area (Å²) in [5.74, 6) is -0.762. The number of carbonyl (C=O) groups is 2. The summed E-state index contributed by atoms with van der Waals surface area (Å²) in [6, 6.07) is 14.6. The summed E-state index contributed by atoms with van der Waals surface area (Å²) >= 11 is 0. The molecule has 0 fully saturated rings. The molecule has 2 amide bonds. The van der Waals surface area contributed by atoms with Crippen LogP contribution >= 0.6 is 0 Å². The zero-order chi connectivity index (χ0) is 19.6. The Bertz CT molecular complexity index is 735. The predicted octanol–water partition coefficient (Wildman–Crippen LogP) is 2.55. The number of methoxy groups -OCH3 is 1. The van der Waals surface area contributed by atoms with Gasteiger partial charge in [-0.2, -0.15) is 0 Å². The number of nitrogens with zero attached hydrogens (tertiary/aromatic N) is 1. The van der Waals surface area contributed by atoms with E-state index in [1.165, 1.54) is 17.0 Å². The lowest BCUT2D eigenvalue weighted by molar-refractivity contribution is -0.140. The Labute approximate surface area is 159 Å². The van der Waals surface area contributed by atoms with Crippen molar-refractivity contribution in [3.05, 3.63) is 71.5 Å². The average Bonchev–Trinajstić information content (AvgIpc) is 2.67. The monoisotopic (exact) mass is 372 g/mol. The van der Waals surface area contributed by atoms with Crippen LogP contribution in [0.2, 0.25) is 0 Å². The van der Waals surface area contributed by atoms with Crippen LogP contribution in [0.3, 0.4) is 0 Å². The second-order valence-electron chi connectivity index (χ2n) is 6.27. The average molecular weight is 372 g/mol. The zero-order valence-corrected chi connectivity index (χ0v) is 15.7. The predicted molar refractivity (Wildman–Crippen MR) is 101 cm³/mol. The van der Waals surface area contributed by atoms with Crippen molar-refractivity contribution in [2.75, 3.05) is 20.3 Å². The highest BCUT2D eigenvalue weighted by Crippen LogP contribution is 2.13. The third-order valence-electron chi connectivity index (χ3n) is 4.24. The third-order valence-corrected chi connectivity index (χ3v) is 4.24. The van der Waals surface area contributed by atoms with E-state index in [4.69, 9.17) is 4.74 Å². The summed E-state index contributed by atoms with van der Waals surface area (Å²) in [7, 11) is 1.56. The van der Waals surface area contributed by atoms with Crippen molar-refractivity contribution in [2.24, 2.45) is 0 Å². The SMILES string of the molecule is COCCNC(=O)[C@H](C)N(Cc1ccc(F)cc1)C(=O)Cc1ccccc1. The Morgan fingerprint density at radius 1 is 1.07 bits per heavy atom. The molecule has 0 unspecified atom stereocenters. The van der Waals surface area contributed by atoms with Crippen LogP contribution in [-0.4, -0.2) is 43.0 Å². The molecule has 0 saturated heterocycles. The van der Waals surface area contributed by atoms with E-state index in [-0.39, 0.29) is 30.6 Å². The summed E-state index contributed by atoms with van der Waals surface area (Å²) in [4.78, 5) is 26.9. The van der Waals surface area contributed by atoms with Gasteiger partial charge in [0.05, 0.1) is 13.0 Å². The van der Waals surface area contributed by atoms with Crippen LogP contribution in [0.15, 0.2) is 54.6 Å². The van der Waals surface area contributed by atoms with E-state index in [1.54, 1.807) is 26.2 Å². The van der Waals surface area contributed by atoms with Gasteiger partial charge in [0.15, 0.2) is 0 Å². The largest absolute Gasteiger partial charge is 0.383 e. The fourth-order valence-electron chi connectivity index (χ4n) is 2.67. The molecule has 1 atom stereocenters. The number of halogens is 1. The minimum absolute atomic E-state index is 0.167. The Kier molecular flexibility index (Phi) is 7.95. The molecule has 1 N–H and O–H groups in total. The summed E-state index contributed by atoms with van der Waals surface area (Å²) < 4.78 is 18.1. The molecule has 27 heavy (non-hydrogen) atoms. The maximum absolute atomic E-state index is 13.2. The molecular weight excluding hydrogens is 347 g/mol. The highest BCUT2D eigenvalue weighted by Gasteiger charge is 2.26. The summed E-state index contributed by atoms with van der Waals surface area (Å²) in [6.45, 7) is 2.69. The first-order valence-corrected chi connectivity index (χ1v) is 8.85. The lowest BCUT2D eigenvalue weighted by Crippen LogP contribution is -2.48. The van der Waals surface area contributed by atoms with Crippen LogP contribution in [0, 0.1) is 5.82 Å². The van der Waals surface area contributed by atoms with Gasteiger partial charge in [-0.25, -0.2) is 4.39 Å². The van der Waals surface area contributed by atoms with Crippen LogP contribution in [0.5, 0.6) is 0 Å². The number of hydrogen-bond donors (Lipinski definition) is 1. The Balaban J connectivity index is 2.14. The molecule has 0 aliphatic rings. The molecule has 2 rings (SSSR count). The summed E-state index contributed by atoms with van der Waals surface area (Å²) in [5, 5.41) is 2.76. The molecule has 2 aromatic carbocycles. The molecular formula is C21H25FN2O3. The van der Waals surface area contributed by atoms with Gasteiger partial charge in [0.25, 0.3) is 0 Å². The first kappa shape index (κ1) is 20.6. The minimum Gasteiger partial charge on any atom is -0.383 e. The first-order chi connectivity index (χ1) is 13.0. The Hall–Kier alpha value is -2.73. The molecule has 0 radical (unpaired) electrons. The Morgan fingerprint density at radius 3 is 2.37 bits per heavy atom. The minimum atomic E-state index is -0.664. The maximum Gasteiger partial charge on any atom is 0.242 e. The van der Waals surface area contributed by atoms with Gasteiger partial charge in [-0.1, -0.05) is 42.5 Å². The summed E-state index contributed by atoms with van der Waals surface area (Å²) in [5.41, 5.74) is 1.63. The molecule has 0 aliphatic carbocycles. The number of nitrogens with one attached hydrogen (secondary N) is 1. The lowest BCUT2D eigenvalue weighted by Gasteiger charge is -2.29. The van der Waals surface area contributed by atoms with Crippen LogP contribution < -0.4 is 5.32 Å². The van der Waals surface area contributed by atoms with E-state index < -0.39 is 6.04 Å². The smallest absolute Gasteiger partial charge is 0.242 e. The Morgan fingerprint density at radius 2 is 1.74 bits per heavy atom. The molecule has 0 bridgehead atoms. The lowest BCUT2D eigenvalue weighted by atomic mass is 10.1. The van der Waals surface area contributed by atoms with Crippen molar-refractivity contribution < 1.29 is 18.7 Å². The standard InChI is InChI=1S/C21H25FN2O3/c1-16(21(26)23-12-13-27-2)24(15-18-8-10-19(22)11-9-18)20(25)14-17-6-4-3-5-7-17/h3-11,16H,12-15H2,1-2H3,(H,23,26)/t16-/m0/s1. The summed E-state index contributed by atoms with van der Waals surface area (Å²) in [6.07, 6.45) is 0.192. The second-order valence-corrected chi connectivity index (χ2v) is 6.27. The normalized spacial score (nSPS) is 11.7. The molecule has 6 heteroatoms. The van der Waals surface area contributed by atoms with Gasteiger partial charge in [0, 0.05) is 20.2 Å². The molecule has 144 valence electrons. The highest BCUT2D eigenvalue weighted by molar-refractivity contribution is 5.88. The van der Waals surface area contributed by atoms with Crippen LogP contribution in [0.25, 0.3) is 0 Å². The van der Waals surface area contributed by atoms with Gasteiger partial charge in [0.1, 0.15) is 11.9 Å². The number of benzene rings is 2. The molecule has 2 aromatic rings. The molecule has 0 aromatic heterocycles. The van der Waals surface area contributed by atoms with Gasteiger partial charge < -0.3 is 15.0 Å². The number of hydrogen-bond acceptors (Lipinski definition) is 3. The van der Waals surface area contributed by atoms with Crippen LogP contribution in [0.4, 0.5) is 4.39 Å². The van der Waals surface area contributed by atoms with E-state index in [1.807, 2.05) is 30.3 Å². The van der Waals surface area contributed by atoms with Gasteiger partial charge in [-0.3, -0.25) is 9.59 Å². The molecule has 0 heterocycles. The van der Waals surface area contributed by atoms with E-state index in [2.05, 4.69) is 5.32 Å². The van der Waals surface area contributed by atoms with Gasteiger partial charge in [-0.15, -0.1) is 0 Å². The number of carbonyl (C=O) groups excluding carboxylic acids is 2. The van der Waals surface area contributed by atoms with Crippen molar-refractivity contribution >= 4 is 11.8 Å². The van der Waals surface area contributed by atoms with Crippen molar-refractivity contribution in [2.45, 2.75) is 25.9 Å². The zero-order valence-electron chi connectivity index (χ0n) is 15.7.